The Morgan fingerprint density at radius 2 is 2.00 bits per heavy atom. The minimum absolute atomic E-state index is 0.185. The first-order chi connectivity index (χ1) is 7.91. The van der Waals surface area contributed by atoms with Gasteiger partial charge in [-0.05, 0) is 29.3 Å². The Morgan fingerprint density at radius 1 is 1.35 bits per heavy atom. The van der Waals surface area contributed by atoms with Crippen LogP contribution in [0.2, 0.25) is 0 Å². The Morgan fingerprint density at radius 3 is 2.47 bits per heavy atom. The number of carboxylic acid groups (broad SMARTS) is 2. The fourth-order valence-electron chi connectivity index (χ4n) is 1.04. The van der Waals surface area contributed by atoms with Gasteiger partial charge in [-0.2, -0.15) is 0 Å². The summed E-state index contributed by atoms with van der Waals surface area (Å²) in [6.45, 7) is -0.755. The van der Waals surface area contributed by atoms with E-state index in [0.717, 1.165) is 18.2 Å². The lowest BCUT2D eigenvalue weighted by atomic mass is 10.2. The predicted octanol–water partition coefficient (Wildman–Crippen LogP) is 0.0862. The van der Waals surface area contributed by atoms with Gasteiger partial charge in [0.1, 0.15) is 11.3 Å². The summed E-state index contributed by atoms with van der Waals surface area (Å²) in [5, 5.41) is 17.2. The van der Waals surface area contributed by atoms with Crippen molar-refractivity contribution in [1.82, 2.24) is 0 Å². The number of benzene rings is 1. The molecule has 2 N–H and O–H groups in total. The van der Waals surface area contributed by atoms with Crippen LogP contribution in [0.3, 0.4) is 0 Å². The quantitative estimate of drug-likeness (QED) is 0.717. The van der Waals surface area contributed by atoms with Gasteiger partial charge in [0.2, 0.25) is 0 Å². The molecule has 0 saturated heterocycles. The van der Waals surface area contributed by atoms with E-state index in [1.165, 1.54) is 0 Å². The van der Waals surface area contributed by atoms with Crippen LogP contribution in [0.25, 0.3) is 0 Å². The molecule has 0 fully saturated rings. The number of carbonyl (C=O) groups is 2. The lowest BCUT2D eigenvalue weighted by Gasteiger charge is -2.10. The van der Waals surface area contributed by atoms with E-state index in [2.05, 4.69) is 0 Å². The molecule has 0 amide bonds. The summed E-state index contributed by atoms with van der Waals surface area (Å²) in [5.74, 6) is -2.94. The Bertz CT molecular complexity index is 482. The van der Waals surface area contributed by atoms with Crippen LogP contribution in [-0.4, -0.2) is 37.5 Å². The maximum Gasteiger partial charge on any atom is 0.341 e. The SMILES string of the molecule is O=C(O)COc1cc(S(=O)[O-])ccc1C(=O)O. The first-order valence-electron chi connectivity index (χ1n) is 4.23. The highest BCUT2D eigenvalue weighted by Crippen LogP contribution is 2.22. The molecule has 1 unspecified atom stereocenters. The molecule has 0 spiro atoms. The van der Waals surface area contributed by atoms with E-state index in [1.807, 2.05) is 0 Å². The monoisotopic (exact) mass is 259 g/mol. The van der Waals surface area contributed by atoms with Crippen LogP contribution in [0.5, 0.6) is 5.75 Å². The topological polar surface area (TPSA) is 124 Å². The summed E-state index contributed by atoms with van der Waals surface area (Å²) < 4.78 is 26.0. The number of aromatic carboxylic acids is 1. The third-order valence-corrected chi connectivity index (χ3v) is 2.37. The van der Waals surface area contributed by atoms with Crippen molar-refractivity contribution >= 4 is 23.0 Å². The zero-order chi connectivity index (χ0) is 13.0. The Labute approximate surface area is 97.9 Å². The highest BCUT2D eigenvalue weighted by molar-refractivity contribution is 7.79. The van der Waals surface area contributed by atoms with Crippen molar-refractivity contribution in [2.45, 2.75) is 4.90 Å². The molecular weight excluding hydrogens is 252 g/mol. The van der Waals surface area contributed by atoms with Crippen LogP contribution in [0, 0.1) is 0 Å². The molecule has 1 rings (SSSR count). The molecule has 0 heterocycles. The van der Waals surface area contributed by atoms with Gasteiger partial charge >= 0.3 is 11.9 Å². The summed E-state index contributed by atoms with van der Waals surface area (Å²) in [7, 11) is 0. The van der Waals surface area contributed by atoms with Gasteiger partial charge in [0, 0.05) is 4.90 Å². The second kappa shape index (κ2) is 5.41. The third-order valence-electron chi connectivity index (χ3n) is 1.73. The fourth-order valence-corrected chi connectivity index (χ4v) is 1.42. The molecule has 1 atom stereocenters. The lowest BCUT2D eigenvalue weighted by Crippen LogP contribution is -2.12. The van der Waals surface area contributed by atoms with Gasteiger partial charge in [-0.25, -0.2) is 9.59 Å². The highest BCUT2D eigenvalue weighted by Gasteiger charge is 2.13. The third kappa shape index (κ3) is 3.54. The average Bonchev–Trinajstić information content (AvgIpc) is 2.25. The summed E-state index contributed by atoms with van der Waals surface area (Å²) >= 11 is -2.55. The van der Waals surface area contributed by atoms with Crippen molar-refractivity contribution < 1.29 is 33.3 Å². The van der Waals surface area contributed by atoms with Crippen molar-refractivity contribution in [2.75, 3.05) is 6.61 Å². The van der Waals surface area contributed by atoms with Crippen molar-refractivity contribution in [1.29, 1.82) is 0 Å². The fraction of sp³-hybridized carbons (Fsp3) is 0.111. The van der Waals surface area contributed by atoms with Crippen LogP contribution in [0.1, 0.15) is 10.4 Å². The summed E-state index contributed by atoms with van der Waals surface area (Å²) in [6, 6.07) is 3.07. The molecule has 0 aliphatic heterocycles. The standard InChI is InChI=1S/C9H8O7S/c10-8(11)4-16-7-3-5(17(14)15)1-2-6(7)9(12)13/h1-3H,4H2,(H,10,11)(H,12,13)(H,14,15)/p-1. The second-order valence-corrected chi connectivity index (χ2v) is 3.82. The van der Waals surface area contributed by atoms with Crippen molar-refractivity contribution in [3.8, 4) is 5.75 Å². The first-order valence-corrected chi connectivity index (χ1v) is 5.30. The van der Waals surface area contributed by atoms with E-state index in [4.69, 9.17) is 14.9 Å². The normalized spacial score (nSPS) is 11.8. The van der Waals surface area contributed by atoms with Gasteiger partial charge in [-0.15, -0.1) is 0 Å². The zero-order valence-corrected chi connectivity index (χ0v) is 9.10. The van der Waals surface area contributed by atoms with Crippen molar-refractivity contribution in [3.05, 3.63) is 23.8 Å². The smallest absolute Gasteiger partial charge is 0.341 e. The maximum absolute atomic E-state index is 10.8. The van der Waals surface area contributed by atoms with Crippen LogP contribution in [0.4, 0.5) is 0 Å². The van der Waals surface area contributed by atoms with E-state index < -0.39 is 29.6 Å². The van der Waals surface area contributed by atoms with E-state index in [1.54, 1.807) is 0 Å². The molecule has 1 aromatic carbocycles. The Balaban J connectivity index is 3.11. The van der Waals surface area contributed by atoms with Crippen LogP contribution >= 0.6 is 0 Å². The predicted molar refractivity (Wildman–Crippen MR) is 53.7 cm³/mol. The van der Waals surface area contributed by atoms with Crippen molar-refractivity contribution in [3.63, 3.8) is 0 Å². The van der Waals surface area contributed by atoms with E-state index in [0.29, 0.717) is 0 Å². The molecular formula is C9H7O7S-. The van der Waals surface area contributed by atoms with E-state index >= 15 is 0 Å². The van der Waals surface area contributed by atoms with Gasteiger partial charge in [-0.3, -0.25) is 4.21 Å². The number of aliphatic carboxylic acids is 1. The molecule has 0 bridgehead atoms. The largest absolute Gasteiger partial charge is 0.768 e. The molecule has 17 heavy (non-hydrogen) atoms. The van der Waals surface area contributed by atoms with Gasteiger partial charge in [0.05, 0.1) is 0 Å². The van der Waals surface area contributed by atoms with Crippen LogP contribution in [0.15, 0.2) is 23.1 Å². The molecule has 7 nitrogen and oxygen atoms in total. The molecule has 0 radical (unpaired) electrons. The molecule has 1 aromatic rings. The minimum Gasteiger partial charge on any atom is -0.768 e. The number of ether oxygens (including phenoxy) is 1. The number of carboxylic acids is 2. The molecule has 0 aromatic heterocycles. The summed E-state index contributed by atoms with van der Waals surface area (Å²) in [6.07, 6.45) is 0. The number of hydrogen-bond donors (Lipinski definition) is 2. The van der Waals surface area contributed by atoms with Gasteiger partial charge < -0.3 is 19.5 Å². The average molecular weight is 259 g/mol. The van der Waals surface area contributed by atoms with Gasteiger partial charge in [-0.1, -0.05) is 0 Å². The summed E-state index contributed by atoms with van der Waals surface area (Å²) in [5.41, 5.74) is -0.305. The first kappa shape index (κ1) is 13.1. The molecule has 0 aliphatic rings. The summed E-state index contributed by atoms with van der Waals surface area (Å²) in [4.78, 5) is 20.9. The molecule has 8 heteroatoms. The second-order valence-electron chi connectivity index (χ2n) is 2.88. The highest BCUT2D eigenvalue weighted by atomic mass is 32.2. The van der Waals surface area contributed by atoms with Crippen molar-refractivity contribution in [2.24, 2.45) is 0 Å². The Kier molecular flexibility index (Phi) is 4.18. The molecule has 92 valence electrons. The molecule has 0 aliphatic carbocycles. The van der Waals surface area contributed by atoms with Crippen LogP contribution in [-0.2, 0) is 15.9 Å². The van der Waals surface area contributed by atoms with Crippen LogP contribution < -0.4 is 4.74 Å². The van der Waals surface area contributed by atoms with Gasteiger partial charge in [0.15, 0.2) is 6.61 Å². The van der Waals surface area contributed by atoms with Gasteiger partial charge in [0.25, 0.3) is 0 Å². The number of hydrogen-bond acceptors (Lipinski definition) is 5. The van der Waals surface area contributed by atoms with E-state index in [-0.39, 0.29) is 16.2 Å². The Hall–Kier alpha value is -1.93. The maximum atomic E-state index is 10.8. The number of rotatable bonds is 5. The minimum atomic E-state index is -2.55. The van der Waals surface area contributed by atoms with E-state index in [9.17, 15) is 18.4 Å². The molecule has 0 saturated carbocycles. The lowest BCUT2D eigenvalue weighted by molar-refractivity contribution is -0.139. The zero-order valence-electron chi connectivity index (χ0n) is 8.28.